The Morgan fingerprint density at radius 3 is 2.83 bits per heavy atom. The van der Waals surface area contributed by atoms with Crippen molar-refractivity contribution in [3.63, 3.8) is 0 Å². The molecule has 2 aromatic rings. The Kier molecular flexibility index (Phi) is 2.72. The van der Waals surface area contributed by atoms with Crippen molar-refractivity contribution in [1.29, 1.82) is 0 Å². The van der Waals surface area contributed by atoms with Gasteiger partial charge in [0.15, 0.2) is 0 Å². The van der Waals surface area contributed by atoms with E-state index in [1.165, 1.54) is 16.7 Å². The number of thioether (sulfide) groups is 1. The molecule has 3 rings (SSSR count). The predicted octanol–water partition coefficient (Wildman–Crippen LogP) is 3.26. The number of furan rings is 1. The van der Waals surface area contributed by atoms with Gasteiger partial charge in [-0.1, -0.05) is 42.2 Å². The molecule has 1 fully saturated rings. The third-order valence-electron chi connectivity index (χ3n) is 2.70. The number of para-hydroxylation sites is 1. The quantitative estimate of drug-likeness (QED) is 0.591. The van der Waals surface area contributed by atoms with Gasteiger partial charge in [-0.3, -0.25) is 9.69 Å². The largest absolute Gasteiger partial charge is 0.457 e. The molecule has 5 heteroatoms. The molecule has 1 saturated heterocycles. The lowest BCUT2D eigenvalue weighted by Crippen LogP contribution is -2.22. The first kappa shape index (κ1) is 11.5. The van der Waals surface area contributed by atoms with Gasteiger partial charge in [0.1, 0.15) is 15.7 Å². The summed E-state index contributed by atoms with van der Waals surface area (Å²) in [6.07, 6.45) is 1.74. The molecule has 18 heavy (non-hydrogen) atoms. The van der Waals surface area contributed by atoms with Crippen molar-refractivity contribution >= 4 is 51.3 Å². The van der Waals surface area contributed by atoms with Crippen LogP contribution in [-0.4, -0.2) is 22.2 Å². The molecule has 1 aliphatic heterocycles. The number of carbonyl (C=O) groups excluding carboxylic acids is 1. The molecule has 90 valence electrons. The van der Waals surface area contributed by atoms with E-state index in [4.69, 9.17) is 16.6 Å². The molecular weight excluding hydrogens is 266 g/mol. The molecule has 0 spiro atoms. The number of hydrogen-bond donors (Lipinski definition) is 0. The number of fused-ring (bicyclic) bond motifs is 1. The van der Waals surface area contributed by atoms with Gasteiger partial charge in [0.2, 0.25) is 0 Å². The van der Waals surface area contributed by atoms with E-state index < -0.39 is 0 Å². The molecule has 3 nitrogen and oxygen atoms in total. The van der Waals surface area contributed by atoms with Crippen LogP contribution in [0, 0.1) is 0 Å². The maximum absolute atomic E-state index is 11.8. The lowest BCUT2D eigenvalue weighted by Gasteiger charge is -2.03. The maximum atomic E-state index is 11.8. The van der Waals surface area contributed by atoms with Gasteiger partial charge in [-0.2, -0.15) is 0 Å². The van der Waals surface area contributed by atoms with Crippen LogP contribution in [-0.2, 0) is 4.79 Å². The molecule has 1 aromatic carbocycles. The Morgan fingerprint density at radius 1 is 1.39 bits per heavy atom. The van der Waals surface area contributed by atoms with E-state index in [1.807, 2.05) is 30.3 Å². The van der Waals surface area contributed by atoms with Crippen molar-refractivity contribution in [3.8, 4) is 0 Å². The van der Waals surface area contributed by atoms with E-state index in [-0.39, 0.29) is 5.91 Å². The first-order chi connectivity index (χ1) is 8.65. The van der Waals surface area contributed by atoms with Crippen molar-refractivity contribution in [2.75, 3.05) is 7.05 Å². The van der Waals surface area contributed by atoms with Crippen LogP contribution in [0.3, 0.4) is 0 Å². The average Bonchev–Trinajstić information content (AvgIpc) is 2.87. The summed E-state index contributed by atoms with van der Waals surface area (Å²) >= 11 is 6.37. The summed E-state index contributed by atoms with van der Waals surface area (Å²) in [6.45, 7) is 0. The van der Waals surface area contributed by atoms with Crippen molar-refractivity contribution < 1.29 is 9.21 Å². The highest BCUT2D eigenvalue weighted by molar-refractivity contribution is 8.26. The highest BCUT2D eigenvalue weighted by atomic mass is 32.2. The van der Waals surface area contributed by atoms with Crippen LogP contribution in [0.5, 0.6) is 0 Å². The second-order valence-corrected chi connectivity index (χ2v) is 5.60. The van der Waals surface area contributed by atoms with Gasteiger partial charge < -0.3 is 4.42 Å². The summed E-state index contributed by atoms with van der Waals surface area (Å²) in [5.41, 5.74) is 0.815. The molecule has 1 amide bonds. The Labute approximate surface area is 113 Å². The Morgan fingerprint density at radius 2 is 2.17 bits per heavy atom. The number of rotatable bonds is 1. The minimum atomic E-state index is -0.0783. The van der Waals surface area contributed by atoms with E-state index in [2.05, 4.69) is 0 Å². The minimum Gasteiger partial charge on any atom is -0.457 e. The molecule has 1 aliphatic rings. The minimum absolute atomic E-state index is 0.0783. The highest BCUT2D eigenvalue weighted by Crippen LogP contribution is 2.32. The van der Waals surface area contributed by atoms with E-state index in [9.17, 15) is 4.79 Å². The molecule has 0 radical (unpaired) electrons. The number of thiocarbonyl (C=S) groups is 1. The van der Waals surface area contributed by atoms with Gasteiger partial charge in [0, 0.05) is 18.5 Å². The number of amides is 1. The standard InChI is InChI=1S/C13H9NO2S2/c1-14-12(15)11(18-13(14)17)7-9-6-8-4-2-3-5-10(8)16-9/h2-7H,1H3/b11-7+. The van der Waals surface area contributed by atoms with Crippen LogP contribution < -0.4 is 0 Å². The molecule has 0 unspecified atom stereocenters. The predicted molar refractivity (Wildman–Crippen MR) is 77.2 cm³/mol. The number of carbonyl (C=O) groups is 1. The van der Waals surface area contributed by atoms with Crippen LogP contribution in [0.4, 0.5) is 0 Å². The van der Waals surface area contributed by atoms with E-state index in [0.717, 1.165) is 11.0 Å². The van der Waals surface area contributed by atoms with Gasteiger partial charge in [-0.15, -0.1) is 0 Å². The summed E-state index contributed by atoms with van der Waals surface area (Å²) in [4.78, 5) is 13.9. The molecule has 0 N–H and O–H groups in total. The average molecular weight is 275 g/mol. The number of hydrogen-bond acceptors (Lipinski definition) is 4. The van der Waals surface area contributed by atoms with Crippen molar-refractivity contribution in [2.24, 2.45) is 0 Å². The Balaban J connectivity index is 2.01. The second kappa shape index (κ2) is 4.26. The van der Waals surface area contributed by atoms with E-state index in [1.54, 1.807) is 13.1 Å². The van der Waals surface area contributed by atoms with Gasteiger partial charge in [0.25, 0.3) is 5.91 Å². The molecule has 0 atom stereocenters. The zero-order chi connectivity index (χ0) is 12.7. The normalized spacial score (nSPS) is 18.3. The smallest absolute Gasteiger partial charge is 0.266 e. The number of nitrogens with zero attached hydrogens (tertiary/aromatic N) is 1. The van der Waals surface area contributed by atoms with Crippen LogP contribution in [0.2, 0.25) is 0 Å². The molecule has 0 aliphatic carbocycles. The molecular formula is C13H9NO2S2. The third kappa shape index (κ3) is 1.85. The summed E-state index contributed by atoms with van der Waals surface area (Å²) in [7, 11) is 1.68. The van der Waals surface area contributed by atoms with Crippen LogP contribution >= 0.6 is 24.0 Å². The Hall–Kier alpha value is -1.59. The first-order valence-electron chi connectivity index (χ1n) is 5.35. The molecule has 1 aromatic heterocycles. The van der Waals surface area contributed by atoms with Crippen LogP contribution in [0.1, 0.15) is 5.76 Å². The van der Waals surface area contributed by atoms with Crippen LogP contribution in [0.15, 0.2) is 39.7 Å². The van der Waals surface area contributed by atoms with Crippen molar-refractivity contribution in [1.82, 2.24) is 4.90 Å². The fourth-order valence-electron chi connectivity index (χ4n) is 1.75. The monoisotopic (exact) mass is 275 g/mol. The lowest BCUT2D eigenvalue weighted by atomic mass is 10.2. The lowest BCUT2D eigenvalue weighted by molar-refractivity contribution is -0.121. The summed E-state index contributed by atoms with van der Waals surface area (Å²) in [5, 5.41) is 1.02. The van der Waals surface area contributed by atoms with E-state index >= 15 is 0 Å². The summed E-state index contributed by atoms with van der Waals surface area (Å²) in [6, 6.07) is 9.66. The second-order valence-electron chi connectivity index (χ2n) is 3.93. The SMILES string of the molecule is CN1C(=O)/C(=C\c2cc3ccccc3o2)SC1=S. The first-order valence-corrected chi connectivity index (χ1v) is 6.58. The fourth-order valence-corrected chi connectivity index (χ4v) is 2.91. The van der Waals surface area contributed by atoms with Gasteiger partial charge >= 0.3 is 0 Å². The zero-order valence-corrected chi connectivity index (χ0v) is 11.2. The van der Waals surface area contributed by atoms with Gasteiger partial charge in [-0.05, 0) is 12.1 Å². The topological polar surface area (TPSA) is 33.5 Å². The van der Waals surface area contributed by atoms with E-state index in [0.29, 0.717) is 15.0 Å². The van der Waals surface area contributed by atoms with Crippen LogP contribution in [0.25, 0.3) is 17.0 Å². The summed E-state index contributed by atoms with van der Waals surface area (Å²) < 4.78 is 6.22. The Bertz CT molecular complexity index is 654. The summed E-state index contributed by atoms with van der Waals surface area (Å²) in [5.74, 6) is 0.593. The zero-order valence-electron chi connectivity index (χ0n) is 9.54. The number of benzene rings is 1. The van der Waals surface area contributed by atoms with Gasteiger partial charge in [0.05, 0.1) is 4.91 Å². The maximum Gasteiger partial charge on any atom is 0.266 e. The fraction of sp³-hybridized carbons (Fsp3) is 0.0769. The molecule has 0 bridgehead atoms. The highest BCUT2D eigenvalue weighted by Gasteiger charge is 2.28. The van der Waals surface area contributed by atoms with Gasteiger partial charge in [-0.25, -0.2) is 0 Å². The van der Waals surface area contributed by atoms with Crippen molar-refractivity contribution in [3.05, 3.63) is 41.0 Å². The number of likely N-dealkylation sites (N-methyl/N-ethyl adjacent to an activating group) is 1. The molecule has 0 saturated carbocycles. The third-order valence-corrected chi connectivity index (χ3v) is 4.19. The van der Waals surface area contributed by atoms with Crippen molar-refractivity contribution in [2.45, 2.75) is 0 Å². The molecule has 2 heterocycles.